The standard InChI is InChI=1S/C23H25F2N7O2.C16H15ClN4O2.C15H21F2N3.C13H19N3.C9H15F2N3.C3H6F2.CH5NO/c1-13(2)18-10-21(30-32(18)12-20(24)25)28-23-29-22-19(31(23)4)9-17(11-27-22)34-16-5-6-26-15(8-16)7-14(3)33;1-9(22)6-11-7-12(4-5-18-11)23-13-8-19-15-14(10(13)2)21(3)16(17)20-15;1-10-6-7-11(2)20(10)14-8-12(15(3,4)5)19(18-14)9-13(16)17;1-9-6-7-10(2)16(9)12-8-11(14-15-12)13(3,4)5;1-9(2,3)6-4-8(12)13-14(6)5-7(10)11;1-2-3(4)5;1-2-3/h5-6,8-11,13,20H,7,12H2,1-4H3,(H,27,28,29,30);4-5,7-8H,6H2,1-3H3;6-8,13H,9H2,1-5H3;6-8H,1-5H3,(H,14,15);4,7H,5H2,1-3H3,(H2,12,13);3H,2H2,1H3;2-3H,1H3. The van der Waals surface area contributed by atoms with E-state index in [9.17, 15) is 44.7 Å². The summed E-state index contributed by atoms with van der Waals surface area (Å²) in [5.74, 6) is 5.21. The number of pyridine rings is 4. The fourth-order valence-electron chi connectivity index (χ4n) is 11.5. The zero-order chi connectivity index (χ0) is 85.9. The van der Waals surface area contributed by atoms with Crippen LogP contribution in [0.2, 0.25) is 5.28 Å². The van der Waals surface area contributed by atoms with Crippen LogP contribution in [0.25, 0.3) is 34.0 Å². The highest BCUT2D eigenvalue weighted by atomic mass is 35.5. The molecule has 0 aliphatic carbocycles. The molecule has 0 unspecified atom stereocenters. The molecular weight excluding hydrogens is 1520 g/mol. The average Bonchev–Trinajstić information content (AvgIpc) is 1.64. The lowest BCUT2D eigenvalue weighted by Gasteiger charge is -2.19. The first-order chi connectivity index (χ1) is 53.7. The highest BCUT2D eigenvalue weighted by Gasteiger charge is 2.26. The number of aryl methyl sites for hydroxylation is 7. The number of alkyl halides is 8. The van der Waals surface area contributed by atoms with Crippen molar-refractivity contribution in [2.45, 2.75) is 218 Å². The van der Waals surface area contributed by atoms with Crippen LogP contribution in [0.3, 0.4) is 0 Å². The molecule has 115 heavy (non-hydrogen) atoms. The summed E-state index contributed by atoms with van der Waals surface area (Å²) < 4.78 is 121. The summed E-state index contributed by atoms with van der Waals surface area (Å²) in [4.78, 5) is 48.2. The number of hydrogen-bond acceptors (Lipinski definition) is 18. The van der Waals surface area contributed by atoms with Crippen LogP contribution >= 0.6 is 11.6 Å². The normalized spacial score (nSPS) is 11.5. The maximum Gasteiger partial charge on any atom is 0.257 e. The monoisotopic (exact) mass is 1630 g/mol. The Morgan fingerprint density at radius 3 is 1.53 bits per heavy atom. The highest BCUT2D eigenvalue weighted by Crippen LogP contribution is 2.34. The number of nitrogen functional groups attached to an aromatic ring is 1. The van der Waals surface area contributed by atoms with Crippen molar-refractivity contribution in [3.8, 4) is 34.6 Å². The number of anilines is 3. The van der Waals surface area contributed by atoms with E-state index in [2.05, 4.69) is 118 Å². The van der Waals surface area contributed by atoms with Crippen molar-refractivity contribution in [2.75, 3.05) is 18.1 Å². The van der Waals surface area contributed by atoms with Crippen molar-refractivity contribution >= 4 is 63.1 Å². The number of aromatic nitrogens is 18. The van der Waals surface area contributed by atoms with E-state index in [1.165, 1.54) is 53.3 Å². The first-order valence-electron chi connectivity index (χ1n) is 36.8. The second-order valence-electron chi connectivity index (χ2n) is 30.4. The molecule has 0 spiro atoms. The third-order valence-electron chi connectivity index (χ3n) is 17.0. The van der Waals surface area contributed by atoms with Gasteiger partial charge in [0.05, 0.1) is 34.8 Å². The molecule has 0 bridgehead atoms. The summed E-state index contributed by atoms with van der Waals surface area (Å²) in [6, 6.07) is 24.3. The Morgan fingerprint density at radius 2 is 1.06 bits per heavy atom. The number of aromatic amines is 1. The number of rotatable bonds is 20. The van der Waals surface area contributed by atoms with E-state index in [1.54, 1.807) is 88.9 Å². The Kier molecular flexibility index (Phi) is 33.1. The smallest absolute Gasteiger partial charge is 0.257 e. The Bertz CT molecular complexity index is 5110. The van der Waals surface area contributed by atoms with E-state index in [1.807, 2.05) is 106 Å². The average molecular weight is 1630 g/mol. The Morgan fingerprint density at radius 1 is 0.583 bits per heavy atom. The van der Waals surface area contributed by atoms with Gasteiger partial charge in [-0.25, -0.2) is 50.6 Å². The Labute approximate surface area is 669 Å². The first-order valence-corrected chi connectivity index (χ1v) is 37.2. The molecule has 6 N–H and O–H groups in total. The van der Waals surface area contributed by atoms with Crippen LogP contribution in [-0.4, -0.2) is 137 Å². The molecule has 0 aliphatic heterocycles. The minimum Gasteiger partial charge on any atom is -0.456 e. The number of nitrogens with zero attached hydrogens (tertiary/aromatic N) is 17. The van der Waals surface area contributed by atoms with Gasteiger partial charge in [0.25, 0.3) is 19.3 Å². The second-order valence-corrected chi connectivity index (χ2v) is 30.7. The molecule has 0 radical (unpaired) electrons. The maximum absolute atomic E-state index is 12.9. The number of nitrogens with two attached hydrogens (primary N) is 1. The quantitative estimate of drug-likeness (QED) is 0.0350. The molecule has 12 heterocycles. The van der Waals surface area contributed by atoms with E-state index in [0.717, 1.165) is 45.4 Å². The fraction of sp³-hybridized carbons (Fsp3) is 0.450. The van der Waals surface area contributed by atoms with Gasteiger partial charge in [0.15, 0.2) is 34.5 Å². The summed E-state index contributed by atoms with van der Waals surface area (Å²) in [6.07, 6.45) is -2.56. The van der Waals surface area contributed by atoms with E-state index < -0.39 is 38.8 Å². The van der Waals surface area contributed by atoms with Crippen LogP contribution in [0.1, 0.15) is 172 Å². The Hall–Kier alpha value is -10.9. The fourth-order valence-corrected chi connectivity index (χ4v) is 11.7. The van der Waals surface area contributed by atoms with Gasteiger partial charge in [-0.3, -0.25) is 38.7 Å². The van der Waals surface area contributed by atoms with Crippen LogP contribution in [0, 0.1) is 34.6 Å². The number of H-pyrrole nitrogens is 1. The molecule has 0 amide bonds. The van der Waals surface area contributed by atoms with Gasteiger partial charge >= 0.3 is 0 Å². The molecule has 624 valence electrons. The number of carbonyl (C=O) groups is 2. The first kappa shape index (κ1) is 93.0. The molecule has 26 nitrogen and oxygen atoms in total. The summed E-state index contributed by atoms with van der Waals surface area (Å²) in [5.41, 5.74) is 19.6. The molecule has 0 saturated carbocycles. The minimum absolute atomic E-state index is 0.0159. The number of Topliss-reactive ketones (excluding diaryl/α,β-unsaturated/α-hetero) is 2. The lowest BCUT2D eigenvalue weighted by atomic mass is 9.92. The van der Waals surface area contributed by atoms with Gasteiger partial charge < -0.3 is 44.0 Å². The molecule has 35 heteroatoms. The lowest BCUT2D eigenvalue weighted by molar-refractivity contribution is -0.117. The van der Waals surface area contributed by atoms with Crippen LogP contribution < -0.4 is 26.0 Å². The molecule has 0 aliphatic rings. The van der Waals surface area contributed by atoms with E-state index in [-0.39, 0.29) is 65.4 Å². The molecule has 0 atom stereocenters. The van der Waals surface area contributed by atoms with E-state index in [0.29, 0.717) is 79.8 Å². The van der Waals surface area contributed by atoms with Crippen LogP contribution in [0.4, 0.5) is 52.7 Å². The van der Waals surface area contributed by atoms with E-state index >= 15 is 0 Å². The number of halogens is 9. The van der Waals surface area contributed by atoms with Gasteiger partial charge in [-0.1, -0.05) is 83.1 Å². The van der Waals surface area contributed by atoms with Gasteiger partial charge in [-0.15, -0.1) is 0 Å². The summed E-state index contributed by atoms with van der Waals surface area (Å²) in [5, 5.41) is 30.8. The SMILES string of the molecule is CC(=O)Cc1cc(Oc2cnc3nc(Cl)n(C)c3c2C)ccn1.CC(=O)Cc1cc(Oc2cnc3nc(Nc4cc(C(C)C)n(CC(F)F)n4)n(C)c3c2)ccn1.CC(C)(C)c1cc(N)nn1CC(F)F.CCC(F)F.CNO.Cc1ccc(C)n1-c1cc(C(C)(C)C)[nH]n1.Cc1ccc(C)n1-c1cc(C(C)(C)C)n(CC(F)F)n1. The number of ketones is 2. The molecule has 12 rings (SSSR count). The van der Waals surface area contributed by atoms with Crippen LogP contribution in [0.5, 0.6) is 23.0 Å². The van der Waals surface area contributed by atoms with Gasteiger partial charge in [0.1, 0.15) is 54.3 Å². The van der Waals surface area contributed by atoms with Gasteiger partial charge in [0, 0.05) is 163 Å². The largest absolute Gasteiger partial charge is 0.456 e. The van der Waals surface area contributed by atoms with Crippen molar-refractivity contribution in [3.63, 3.8) is 0 Å². The maximum atomic E-state index is 12.9. The van der Waals surface area contributed by atoms with Crippen LogP contribution in [-0.2, 0) is 72.4 Å². The number of imidazole rings is 2. The minimum atomic E-state index is -2.50. The number of hydrogen-bond donors (Lipinski definition) is 5. The van der Waals surface area contributed by atoms with Crippen molar-refractivity contribution in [2.24, 2.45) is 14.1 Å². The van der Waals surface area contributed by atoms with Crippen LogP contribution in [0.15, 0.2) is 104 Å². The zero-order valence-electron chi connectivity index (χ0n) is 69.1. The van der Waals surface area contributed by atoms with Gasteiger partial charge in [0.2, 0.25) is 17.7 Å². The highest BCUT2D eigenvalue weighted by molar-refractivity contribution is 6.29. The predicted octanol–water partition coefficient (Wildman–Crippen LogP) is 18.1. The molecular formula is C80H106ClF8N21O5. The summed E-state index contributed by atoms with van der Waals surface area (Å²) in [7, 11) is 5.06. The van der Waals surface area contributed by atoms with E-state index in [4.69, 9.17) is 32.0 Å². The summed E-state index contributed by atoms with van der Waals surface area (Å²) in [6.45, 7) is 35.5. The second kappa shape index (κ2) is 40.9. The zero-order valence-corrected chi connectivity index (χ0v) is 69.9. The number of ether oxygens (including phenoxy) is 2. The molecule has 12 aromatic rings. The number of carbonyl (C=O) groups excluding carboxylic acids is 2. The molecule has 0 aromatic carbocycles. The predicted molar refractivity (Wildman–Crippen MR) is 430 cm³/mol. The lowest BCUT2D eigenvalue weighted by Crippen LogP contribution is -2.20. The van der Waals surface area contributed by atoms with Crippen molar-refractivity contribution in [1.29, 1.82) is 0 Å². The Balaban J connectivity index is 0.000000225. The molecule has 0 fully saturated rings. The summed E-state index contributed by atoms with van der Waals surface area (Å²) >= 11 is 6.04. The van der Waals surface area contributed by atoms with Gasteiger partial charge in [-0.05, 0) is 102 Å². The van der Waals surface area contributed by atoms with Crippen molar-refractivity contribution in [3.05, 3.63) is 171 Å². The van der Waals surface area contributed by atoms with Gasteiger partial charge in [-0.2, -0.15) is 30.4 Å². The topological polar surface area (TPSA) is 302 Å². The number of hydroxylamine groups is 1. The molecule has 0 saturated heterocycles. The molecule has 12 aromatic heterocycles. The van der Waals surface area contributed by atoms with Crippen molar-refractivity contribution in [1.82, 2.24) is 93.2 Å². The number of fused-ring (bicyclic) bond motifs is 2. The number of nitrogens with one attached hydrogen (secondary N) is 3. The third kappa shape index (κ3) is 26.9. The van der Waals surface area contributed by atoms with Crippen molar-refractivity contribution < 1.29 is 59.4 Å². The third-order valence-corrected chi connectivity index (χ3v) is 17.4.